The van der Waals surface area contributed by atoms with Crippen LogP contribution < -0.4 is 5.32 Å². The third-order valence-electron chi connectivity index (χ3n) is 3.38. The van der Waals surface area contributed by atoms with Gasteiger partial charge < -0.3 is 10.4 Å². The smallest absolute Gasteiger partial charge is 0.345 e. The number of hydrogen-bond donors (Lipinski definition) is 2. The number of thiophene rings is 1. The van der Waals surface area contributed by atoms with E-state index in [1.165, 1.54) is 0 Å². The van der Waals surface area contributed by atoms with Crippen LogP contribution in [-0.2, 0) is 18.5 Å². The van der Waals surface area contributed by atoms with Crippen LogP contribution in [0.25, 0.3) is 0 Å². The molecule has 2 N–H and O–H groups in total. The zero-order chi connectivity index (χ0) is 17.2. The Hall–Kier alpha value is -2.15. The van der Waals surface area contributed by atoms with E-state index in [1.807, 2.05) is 32.4 Å². The van der Waals surface area contributed by atoms with Gasteiger partial charge in [0.2, 0.25) is 0 Å². The molecule has 0 fully saturated rings. The number of rotatable bonds is 5. The van der Waals surface area contributed by atoms with Crippen molar-refractivity contribution in [3.8, 4) is 0 Å². The number of nitrogens with zero attached hydrogens (tertiary/aromatic N) is 2. The van der Waals surface area contributed by atoms with Gasteiger partial charge in [-0.3, -0.25) is 9.48 Å². The van der Waals surface area contributed by atoms with E-state index in [0.29, 0.717) is 18.5 Å². The highest BCUT2D eigenvalue weighted by molar-refractivity contribution is 7.13. The molecule has 0 saturated carbocycles. The summed E-state index contributed by atoms with van der Waals surface area (Å²) < 4.78 is 1.87. The van der Waals surface area contributed by atoms with Crippen molar-refractivity contribution in [2.45, 2.75) is 46.2 Å². The molecule has 0 spiro atoms. The Balaban J connectivity index is 2.11. The number of amides is 1. The SMILES string of the molecule is CCc1c(C(=O)NCc2ccc(C(=O)O)s2)cnn1C(C)(C)C. The minimum absolute atomic E-state index is 0.186. The summed E-state index contributed by atoms with van der Waals surface area (Å²) in [4.78, 5) is 24.3. The average molecular weight is 335 g/mol. The van der Waals surface area contributed by atoms with Crippen LogP contribution in [0.5, 0.6) is 0 Å². The fourth-order valence-electron chi connectivity index (χ4n) is 2.33. The van der Waals surface area contributed by atoms with E-state index < -0.39 is 5.97 Å². The van der Waals surface area contributed by atoms with Gasteiger partial charge in [-0.15, -0.1) is 11.3 Å². The number of carboxylic acids is 1. The lowest BCUT2D eigenvalue weighted by atomic mass is 10.1. The quantitative estimate of drug-likeness (QED) is 0.880. The minimum Gasteiger partial charge on any atom is -0.477 e. The maximum Gasteiger partial charge on any atom is 0.345 e. The number of carbonyl (C=O) groups is 2. The second-order valence-electron chi connectivity index (χ2n) is 6.19. The van der Waals surface area contributed by atoms with Gasteiger partial charge in [-0.1, -0.05) is 6.92 Å². The van der Waals surface area contributed by atoms with Crippen molar-refractivity contribution >= 4 is 23.2 Å². The third-order valence-corrected chi connectivity index (χ3v) is 4.45. The molecule has 0 unspecified atom stereocenters. The van der Waals surface area contributed by atoms with Crippen LogP contribution >= 0.6 is 11.3 Å². The van der Waals surface area contributed by atoms with Gasteiger partial charge in [-0.2, -0.15) is 5.10 Å². The second kappa shape index (κ2) is 6.54. The van der Waals surface area contributed by atoms with Gasteiger partial charge in [0.15, 0.2) is 0 Å². The molecule has 0 aliphatic carbocycles. The fraction of sp³-hybridized carbons (Fsp3) is 0.438. The molecule has 6 nitrogen and oxygen atoms in total. The molecule has 7 heteroatoms. The van der Waals surface area contributed by atoms with Gasteiger partial charge in [0.05, 0.1) is 29.5 Å². The van der Waals surface area contributed by atoms with Crippen LogP contribution in [0.3, 0.4) is 0 Å². The third kappa shape index (κ3) is 3.79. The van der Waals surface area contributed by atoms with E-state index in [4.69, 9.17) is 5.11 Å². The number of nitrogens with one attached hydrogen (secondary N) is 1. The summed E-state index contributed by atoms with van der Waals surface area (Å²) in [6, 6.07) is 3.26. The van der Waals surface area contributed by atoms with Gasteiger partial charge in [0, 0.05) is 4.88 Å². The molecular formula is C16H21N3O3S. The van der Waals surface area contributed by atoms with Gasteiger partial charge in [-0.25, -0.2) is 4.79 Å². The van der Waals surface area contributed by atoms with Gasteiger partial charge in [0.1, 0.15) is 4.88 Å². The van der Waals surface area contributed by atoms with Crippen LogP contribution in [0.15, 0.2) is 18.3 Å². The van der Waals surface area contributed by atoms with Crippen molar-refractivity contribution < 1.29 is 14.7 Å². The Morgan fingerprint density at radius 1 is 1.35 bits per heavy atom. The number of aromatic nitrogens is 2. The molecule has 2 rings (SSSR count). The normalized spacial score (nSPS) is 11.5. The lowest BCUT2D eigenvalue weighted by molar-refractivity contribution is 0.0702. The highest BCUT2D eigenvalue weighted by atomic mass is 32.1. The Kier molecular flexibility index (Phi) is 4.89. The lowest BCUT2D eigenvalue weighted by Crippen LogP contribution is -2.27. The van der Waals surface area contributed by atoms with E-state index in [9.17, 15) is 9.59 Å². The fourth-order valence-corrected chi connectivity index (χ4v) is 3.12. The summed E-state index contributed by atoms with van der Waals surface area (Å²) in [5.74, 6) is -1.14. The molecule has 0 radical (unpaired) electrons. The van der Waals surface area contributed by atoms with Crippen molar-refractivity contribution in [1.82, 2.24) is 15.1 Å². The van der Waals surface area contributed by atoms with E-state index in [-0.39, 0.29) is 16.3 Å². The van der Waals surface area contributed by atoms with Gasteiger partial charge in [-0.05, 0) is 39.3 Å². The maximum atomic E-state index is 12.4. The average Bonchev–Trinajstić information content (AvgIpc) is 3.10. The molecule has 2 aromatic heterocycles. The Bertz CT molecular complexity index is 725. The first kappa shape index (κ1) is 17.2. The largest absolute Gasteiger partial charge is 0.477 e. The zero-order valence-corrected chi connectivity index (χ0v) is 14.5. The Morgan fingerprint density at radius 2 is 2.04 bits per heavy atom. The van der Waals surface area contributed by atoms with Crippen LogP contribution in [0.4, 0.5) is 0 Å². The number of carbonyl (C=O) groups excluding carboxylic acids is 1. The summed E-state index contributed by atoms with van der Waals surface area (Å²) in [7, 11) is 0. The van der Waals surface area contributed by atoms with E-state index in [2.05, 4.69) is 10.4 Å². The van der Waals surface area contributed by atoms with Crippen molar-refractivity contribution in [2.24, 2.45) is 0 Å². The number of hydrogen-bond acceptors (Lipinski definition) is 4. The van der Waals surface area contributed by atoms with Crippen molar-refractivity contribution in [1.29, 1.82) is 0 Å². The molecule has 0 saturated heterocycles. The molecule has 124 valence electrons. The maximum absolute atomic E-state index is 12.4. The molecule has 2 aromatic rings. The Morgan fingerprint density at radius 3 is 2.57 bits per heavy atom. The second-order valence-corrected chi connectivity index (χ2v) is 7.36. The monoisotopic (exact) mass is 335 g/mol. The molecule has 2 heterocycles. The predicted molar refractivity (Wildman–Crippen MR) is 89.0 cm³/mol. The van der Waals surface area contributed by atoms with Crippen molar-refractivity contribution in [3.63, 3.8) is 0 Å². The zero-order valence-electron chi connectivity index (χ0n) is 13.7. The molecule has 0 aliphatic rings. The summed E-state index contributed by atoms with van der Waals surface area (Å²) in [5.41, 5.74) is 1.28. The number of aromatic carboxylic acids is 1. The number of carboxylic acid groups (broad SMARTS) is 1. The highest BCUT2D eigenvalue weighted by Gasteiger charge is 2.23. The molecule has 23 heavy (non-hydrogen) atoms. The first-order valence-electron chi connectivity index (χ1n) is 7.41. The molecular weight excluding hydrogens is 314 g/mol. The molecule has 0 bridgehead atoms. The summed E-state index contributed by atoms with van der Waals surface area (Å²) in [5, 5.41) is 16.1. The van der Waals surface area contributed by atoms with E-state index >= 15 is 0 Å². The topological polar surface area (TPSA) is 84.2 Å². The van der Waals surface area contributed by atoms with Crippen LogP contribution in [0.1, 0.15) is 58.3 Å². The minimum atomic E-state index is -0.952. The molecule has 1 amide bonds. The van der Waals surface area contributed by atoms with Crippen molar-refractivity contribution in [3.05, 3.63) is 39.3 Å². The van der Waals surface area contributed by atoms with Crippen molar-refractivity contribution in [2.75, 3.05) is 0 Å². The highest BCUT2D eigenvalue weighted by Crippen LogP contribution is 2.20. The molecule has 0 aromatic carbocycles. The standard InChI is InChI=1S/C16H21N3O3S/c1-5-12-11(9-18-19(12)16(2,3)4)14(20)17-8-10-6-7-13(23-10)15(21)22/h6-7,9H,5,8H2,1-4H3,(H,17,20)(H,21,22). The van der Waals surface area contributed by atoms with E-state index in [1.54, 1.807) is 18.3 Å². The van der Waals surface area contributed by atoms with Gasteiger partial charge >= 0.3 is 5.97 Å². The molecule has 0 atom stereocenters. The van der Waals surface area contributed by atoms with Crippen LogP contribution in [0.2, 0.25) is 0 Å². The summed E-state index contributed by atoms with van der Waals surface area (Å²) >= 11 is 1.16. The Labute approximate surface area is 139 Å². The van der Waals surface area contributed by atoms with Crippen LogP contribution in [-0.4, -0.2) is 26.8 Å². The molecule has 0 aliphatic heterocycles. The predicted octanol–water partition coefficient (Wildman–Crippen LogP) is 2.89. The van der Waals surface area contributed by atoms with E-state index in [0.717, 1.165) is 21.9 Å². The first-order chi connectivity index (χ1) is 10.7. The summed E-state index contributed by atoms with van der Waals surface area (Å²) in [6.07, 6.45) is 2.30. The summed E-state index contributed by atoms with van der Waals surface area (Å²) in [6.45, 7) is 8.43. The van der Waals surface area contributed by atoms with Gasteiger partial charge in [0.25, 0.3) is 5.91 Å². The lowest BCUT2D eigenvalue weighted by Gasteiger charge is -2.22. The van der Waals surface area contributed by atoms with Crippen LogP contribution in [0, 0.1) is 0 Å². The first-order valence-corrected chi connectivity index (χ1v) is 8.23.